The standard InChI is InChI=1S/C13H19Br2NO/c1-9(2)17-7-6-16-10(3)12-5-4-11(14)8-13(12)15/h4-5,8-10,16H,6-7H2,1-3H3. The summed E-state index contributed by atoms with van der Waals surface area (Å²) in [5, 5.41) is 3.44. The highest BCUT2D eigenvalue weighted by Gasteiger charge is 2.08. The lowest BCUT2D eigenvalue weighted by Crippen LogP contribution is -2.24. The van der Waals surface area contributed by atoms with E-state index in [1.807, 2.05) is 0 Å². The van der Waals surface area contributed by atoms with Gasteiger partial charge in [0.05, 0.1) is 12.7 Å². The van der Waals surface area contributed by atoms with Gasteiger partial charge in [0.25, 0.3) is 0 Å². The van der Waals surface area contributed by atoms with E-state index in [1.165, 1.54) is 5.56 Å². The Morgan fingerprint density at radius 1 is 1.24 bits per heavy atom. The summed E-state index contributed by atoms with van der Waals surface area (Å²) in [6, 6.07) is 6.56. The summed E-state index contributed by atoms with van der Waals surface area (Å²) in [7, 11) is 0. The van der Waals surface area contributed by atoms with Gasteiger partial charge in [0.15, 0.2) is 0 Å². The topological polar surface area (TPSA) is 21.3 Å². The van der Waals surface area contributed by atoms with Gasteiger partial charge in [-0.1, -0.05) is 37.9 Å². The Morgan fingerprint density at radius 2 is 1.94 bits per heavy atom. The smallest absolute Gasteiger partial charge is 0.0594 e. The van der Waals surface area contributed by atoms with E-state index in [1.54, 1.807) is 0 Å². The molecule has 0 saturated carbocycles. The van der Waals surface area contributed by atoms with Crippen LogP contribution in [0, 0.1) is 0 Å². The van der Waals surface area contributed by atoms with Crippen LogP contribution in [0.1, 0.15) is 32.4 Å². The van der Waals surface area contributed by atoms with Gasteiger partial charge in [-0.15, -0.1) is 0 Å². The molecule has 0 heterocycles. The summed E-state index contributed by atoms with van der Waals surface area (Å²) in [5.41, 5.74) is 1.26. The van der Waals surface area contributed by atoms with Gasteiger partial charge in [-0.25, -0.2) is 0 Å². The molecule has 0 spiro atoms. The molecule has 17 heavy (non-hydrogen) atoms. The summed E-state index contributed by atoms with van der Waals surface area (Å²) in [6.07, 6.45) is 0.298. The predicted molar refractivity (Wildman–Crippen MR) is 79.3 cm³/mol. The van der Waals surface area contributed by atoms with Gasteiger partial charge < -0.3 is 10.1 Å². The predicted octanol–water partition coefficient (Wildman–Crippen LogP) is 4.29. The Bertz CT molecular complexity index is 355. The number of nitrogens with one attached hydrogen (secondary N) is 1. The van der Waals surface area contributed by atoms with Crippen molar-refractivity contribution in [2.24, 2.45) is 0 Å². The van der Waals surface area contributed by atoms with Crippen LogP contribution in [0.3, 0.4) is 0 Å². The molecule has 0 aliphatic rings. The second-order valence-electron chi connectivity index (χ2n) is 4.26. The number of ether oxygens (including phenoxy) is 1. The van der Waals surface area contributed by atoms with Gasteiger partial charge in [0, 0.05) is 21.5 Å². The molecule has 0 aliphatic heterocycles. The summed E-state index contributed by atoms with van der Waals surface area (Å²) in [6.45, 7) is 7.87. The zero-order valence-corrected chi connectivity index (χ0v) is 13.6. The van der Waals surface area contributed by atoms with Crippen LogP contribution in [0.25, 0.3) is 0 Å². The maximum atomic E-state index is 5.50. The number of halogens is 2. The normalized spacial score (nSPS) is 13.1. The van der Waals surface area contributed by atoms with E-state index < -0.39 is 0 Å². The average molecular weight is 365 g/mol. The van der Waals surface area contributed by atoms with Crippen LogP contribution in [0.15, 0.2) is 27.1 Å². The molecule has 1 atom stereocenters. The molecule has 1 N–H and O–H groups in total. The number of rotatable bonds is 6. The molecular weight excluding hydrogens is 346 g/mol. The van der Waals surface area contributed by atoms with E-state index in [0.717, 1.165) is 22.1 Å². The van der Waals surface area contributed by atoms with E-state index in [4.69, 9.17) is 4.74 Å². The van der Waals surface area contributed by atoms with Crippen LogP contribution < -0.4 is 5.32 Å². The van der Waals surface area contributed by atoms with Gasteiger partial charge in [-0.2, -0.15) is 0 Å². The van der Waals surface area contributed by atoms with Crippen LogP contribution in [0.4, 0.5) is 0 Å². The Kier molecular flexibility index (Phi) is 6.70. The lowest BCUT2D eigenvalue weighted by Gasteiger charge is -2.16. The second kappa shape index (κ2) is 7.52. The van der Waals surface area contributed by atoms with Crippen molar-refractivity contribution in [3.63, 3.8) is 0 Å². The molecule has 1 rings (SSSR count). The van der Waals surface area contributed by atoms with E-state index >= 15 is 0 Å². The largest absolute Gasteiger partial charge is 0.377 e. The van der Waals surface area contributed by atoms with Crippen molar-refractivity contribution in [2.45, 2.75) is 32.9 Å². The first kappa shape index (κ1) is 15.2. The highest BCUT2D eigenvalue weighted by atomic mass is 79.9. The molecule has 1 unspecified atom stereocenters. The first-order chi connectivity index (χ1) is 8.00. The molecular formula is C13H19Br2NO. The van der Waals surface area contributed by atoms with Crippen LogP contribution in [-0.2, 0) is 4.74 Å². The van der Waals surface area contributed by atoms with Gasteiger partial charge >= 0.3 is 0 Å². The fourth-order valence-corrected chi connectivity index (χ4v) is 2.92. The Morgan fingerprint density at radius 3 is 2.53 bits per heavy atom. The minimum atomic E-state index is 0.298. The zero-order valence-electron chi connectivity index (χ0n) is 10.5. The SMILES string of the molecule is CC(C)OCCNC(C)c1ccc(Br)cc1Br. The number of benzene rings is 1. The molecule has 0 fully saturated rings. The van der Waals surface area contributed by atoms with Crippen LogP contribution in [0.5, 0.6) is 0 Å². The van der Waals surface area contributed by atoms with Crippen LogP contribution >= 0.6 is 31.9 Å². The molecule has 2 nitrogen and oxygen atoms in total. The minimum Gasteiger partial charge on any atom is -0.377 e. The second-order valence-corrected chi connectivity index (χ2v) is 6.03. The summed E-state index contributed by atoms with van der Waals surface area (Å²) in [5.74, 6) is 0. The summed E-state index contributed by atoms with van der Waals surface area (Å²) >= 11 is 7.03. The van der Waals surface area contributed by atoms with Crippen molar-refractivity contribution in [1.82, 2.24) is 5.32 Å². The Labute approximate surface area is 120 Å². The van der Waals surface area contributed by atoms with E-state index in [2.05, 4.69) is 76.1 Å². The fourth-order valence-electron chi connectivity index (χ4n) is 1.53. The number of hydrogen-bond donors (Lipinski definition) is 1. The van der Waals surface area contributed by atoms with Crippen molar-refractivity contribution in [3.05, 3.63) is 32.7 Å². The monoisotopic (exact) mass is 363 g/mol. The Balaban J connectivity index is 2.44. The third-order valence-corrected chi connectivity index (χ3v) is 3.61. The molecule has 0 amide bonds. The molecule has 96 valence electrons. The van der Waals surface area contributed by atoms with Gasteiger partial charge in [0.1, 0.15) is 0 Å². The zero-order chi connectivity index (χ0) is 12.8. The lowest BCUT2D eigenvalue weighted by molar-refractivity contribution is 0.0796. The van der Waals surface area contributed by atoms with Crippen LogP contribution in [-0.4, -0.2) is 19.3 Å². The molecule has 0 aliphatic carbocycles. The van der Waals surface area contributed by atoms with Crippen LogP contribution in [0.2, 0.25) is 0 Å². The van der Waals surface area contributed by atoms with E-state index in [0.29, 0.717) is 12.1 Å². The summed E-state index contributed by atoms with van der Waals surface area (Å²) in [4.78, 5) is 0. The van der Waals surface area contributed by atoms with Crippen molar-refractivity contribution in [3.8, 4) is 0 Å². The summed E-state index contributed by atoms with van der Waals surface area (Å²) < 4.78 is 7.70. The maximum Gasteiger partial charge on any atom is 0.0594 e. The van der Waals surface area contributed by atoms with Gasteiger partial charge in [-0.3, -0.25) is 0 Å². The minimum absolute atomic E-state index is 0.298. The molecule has 1 aromatic carbocycles. The third kappa shape index (κ3) is 5.51. The highest BCUT2D eigenvalue weighted by Crippen LogP contribution is 2.26. The van der Waals surface area contributed by atoms with Gasteiger partial charge in [-0.05, 0) is 38.5 Å². The van der Waals surface area contributed by atoms with Crippen molar-refractivity contribution >= 4 is 31.9 Å². The molecule has 0 bridgehead atoms. The average Bonchev–Trinajstić information content (AvgIpc) is 2.23. The first-order valence-corrected chi connectivity index (χ1v) is 7.39. The quantitative estimate of drug-likeness (QED) is 0.760. The van der Waals surface area contributed by atoms with Gasteiger partial charge in [0.2, 0.25) is 0 Å². The number of hydrogen-bond acceptors (Lipinski definition) is 2. The first-order valence-electron chi connectivity index (χ1n) is 5.80. The van der Waals surface area contributed by atoms with E-state index in [-0.39, 0.29) is 0 Å². The maximum absolute atomic E-state index is 5.50. The van der Waals surface area contributed by atoms with Crippen molar-refractivity contribution < 1.29 is 4.74 Å². The highest BCUT2D eigenvalue weighted by molar-refractivity contribution is 9.11. The fraction of sp³-hybridized carbons (Fsp3) is 0.538. The molecule has 0 radical (unpaired) electrons. The Hall–Kier alpha value is 0.1000. The third-order valence-electron chi connectivity index (χ3n) is 2.43. The molecule has 0 aromatic heterocycles. The van der Waals surface area contributed by atoms with E-state index in [9.17, 15) is 0 Å². The lowest BCUT2D eigenvalue weighted by atomic mass is 10.1. The molecule has 4 heteroatoms. The molecule has 0 saturated heterocycles. The van der Waals surface area contributed by atoms with Crippen molar-refractivity contribution in [1.29, 1.82) is 0 Å². The van der Waals surface area contributed by atoms with Crippen molar-refractivity contribution in [2.75, 3.05) is 13.2 Å². The molecule has 1 aromatic rings.